The number of amides is 1. The Kier molecular flexibility index (Phi) is 6.89. The Labute approximate surface area is 159 Å². The second kappa shape index (κ2) is 9.57. The molecule has 1 amide bonds. The molecule has 6 heteroatoms. The molecule has 1 heterocycles. The Bertz CT molecular complexity index is 703. The molecule has 1 aliphatic carbocycles. The number of hydrogen-bond donors (Lipinski definition) is 1. The van der Waals surface area contributed by atoms with Crippen LogP contribution in [0.25, 0.3) is 0 Å². The number of nitrogens with one attached hydrogen (secondary N) is 1. The van der Waals surface area contributed by atoms with E-state index in [0.717, 1.165) is 42.2 Å². The van der Waals surface area contributed by atoms with Crippen molar-refractivity contribution >= 4 is 17.7 Å². The molecule has 0 bridgehead atoms. The van der Waals surface area contributed by atoms with E-state index in [4.69, 9.17) is 4.74 Å². The second-order valence-corrected chi connectivity index (χ2v) is 7.77. The predicted molar refractivity (Wildman–Crippen MR) is 103 cm³/mol. The van der Waals surface area contributed by atoms with Gasteiger partial charge in [-0.05, 0) is 49.8 Å². The fraction of sp³-hybridized carbons (Fsp3) is 0.450. The lowest BCUT2D eigenvalue weighted by atomic mass is 9.95. The maximum absolute atomic E-state index is 12.3. The van der Waals surface area contributed by atoms with E-state index in [1.165, 1.54) is 0 Å². The van der Waals surface area contributed by atoms with Crippen molar-refractivity contribution in [1.29, 1.82) is 0 Å². The number of ether oxygens (including phenoxy) is 1. The van der Waals surface area contributed by atoms with E-state index >= 15 is 0 Å². The van der Waals surface area contributed by atoms with Gasteiger partial charge in [0.25, 0.3) is 0 Å². The first kappa shape index (κ1) is 18.7. The van der Waals surface area contributed by atoms with Crippen molar-refractivity contribution in [3.63, 3.8) is 0 Å². The molecule has 2 aromatic rings. The molecule has 1 fully saturated rings. The summed E-state index contributed by atoms with van der Waals surface area (Å²) in [5.41, 5.74) is 1.08. The summed E-state index contributed by atoms with van der Waals surface area (Å²) in [5.74, 6) is 0.972. The molecule has 0 aliphatic heterocycles. The molecule has 1 aromatic heterocycles. The third-order valence-corrected chi connectivity index (χ3v) is 5.89. The zero-order valence-corrected chi connectivity index (χ0v) is 15.9. The Balaban J connectivity index is 1.39. The van der Waals surface area contributed by atoms with E-state index in [1.807, 2.05) is 30.3 Å². The van der Waals surface area contributed by atoms with Gasteiger partial charge < -0.3 is 10.1 Å². The minimum absolute atomic E-state index is 0.124. The van der Waals surface area contributed by atoms with Crippen LogP contribution in [0.5, 0.6) is 5.75 Å². The first-order valence-corrected chi connectivity index (χ1v) is 9.97. The summed E-state index contributed by atoms with van der Waals surface area (Å²) < 4.78 is 5.34. The highest BCUT2D eigenvalue weighted by atomic mass is 32.2. The molecule has 26 heavy (non-hydrogen) atoms. The Hall–Kier alpha value is -2.08. The van der Waals surface area contributed by atoms with E-state index in [-0.39, 0.29) is 11.9 Å². The minimum atomic E-state index is 0.124. The number of carbonyl (C=O) groups excluding carboxylic acids is 1. The van der Waals surface area contributed by atoms with Gasteiger partial charge in [0.2, 0.25) is 5.91 Å². The highest BCUT2D eigenvalue weighted by Crippen LogP contribution is 2.31. The van der Waals surface area contributed by atoms with Crippen molar-refractivity contribution in [2.75, 3.05) is 7.11 Å². The highest BCUT2D eigenvalue weighted by Gasteiger charge is 2.23. The van der Waals surface area contributed by atoms with Gasteiger partial charge in [0.1, 0.15) is 5.75 Å². The molecule has 1 aromatic carbocycles. The maximum Gasteiger partial charge on any atom is 0.220 e. The van der Waals surface area contributed by atoms with Gasteiger partial charge in [-0.15, -0.1) is 0 Å². The van der Waals surface area contributed by atoms with Crippen molar-refractivity contribution in [2.45, 2.75) is 55.0 Å². The first-order chi connectivity index (χ1) is 12.7. The van der Waals surface area contributed by atoms with Crippen molar-refractivity contribution in [3.8, 4) is 5.75 Å². The molecule has 0 spiro atoms. The zero-order chi connectivity index (χ0) is 18.2. The van der Waals surface area contributed by atoms with Crippen molar-refractivity contribution in [3.05, 3.63) is 48.3 Å². The van der Waals surface area contributed by atoms with E-state index in [2.05, 4.69) is 15.3 Å². The van der Waals surface area contributed by atoms with Crippen LogP contribution in [0.15, 0.2) is 47.9 Å². The van der Waals surface area contributed by atoms with E-state index in [1.54, 1.807) is 31.3 Å². The average molecular weight is 372 g/mol. The van der Waals surface area contributed by atoms with Gasteiger partial charge >= 0.3 is 0 Å². The normalized spacial score (nSPS) is 19.7. The predicted octanol–water partition coefficient (Wildman–Crippen LogP) is 3.64. The first-order valence-electron chi connectivity index (χ1n) is 9.09. The molecule has 1 aliphatic rings. The molecule has 1 saturated carbocycles. The van der Waals surface area contributed by atoms with Gasteiger partial charge in [-0.1, -0.05) is 30.0 Å². The smallest absolute Gasteiger partial charge is 0.220 e. The van der Waals surface area contributed by atoms with Crippen LogP contribution in [-0.2, 0) is 11.2 Å². The van der Waals surface area contributed by atoms with Crippen LogP contribution in [-0.4, -0.2) is 34.3 Å². The number of aryl methyl sites for hydroxylation is 1. The Morgan fingerprint density at radius 1 is 1.15 bits per heavy atom. The van der Waals surface area contributed by atoms with Crippen molar-refractivity contribution in [1.82, 2.24) is 15.3 Å². The van der Waals surface area contributed by atoms with Crippen molar-refractivity contribution < 1.29 is 9.53 Å². The largest absolute Gasteiger partial charge is 0.496 e. The molecule has 0 saturated heterocycles. The monoisotopic (exact) mass is 371 g/mol. The quantitative estimate of drug-likeness (QED) is 0.753. The van der Waals surface area contributed by atoms with Crippen LogP contribution in [0.2, 0.25) is 0 Å². The van der Waals surface area contributed by atoms with Crippen LogP contribution >= 0.6 is 11.8 Å². The number of benzene rings is 1. The lowest BCUT2D eigenvalue weighted by Crippen LogP contribution is -2.38. The summed E-state index contributed by atoms with van der Waals surface area (Å²) in [7, 11) is 1.66. The standard InChI is InChI=1S/C20H25N3O2S/c1-25-18-6-3-2-5-15(18)7-12-19(24)23-16-8-10-17(11-9-16)26-20-21-13-4-14-22-20/h2-6,13-14,16-17H,7-12H2,1H3,(H,23,24). The number of methoxy groups -OCH3 is 1. The van der Waals surface area contributed by atoms with Gasteiger partial charge in [0.15, 0.2) is 5.16 Å². The summed E-state index contributed by atoms with van der Waals surface area (Å²) in [6.07, 6.45) is 8.96. The number of rotatable bonds is 7. The summed E-state index contributed by atoms with van der Waals surface area (Å²) in [6, 6.07) is 9.99. The third-order valence-electron chi connectivity index (χ3n) is 4.67. The number of nitrogens with zero attached hydrogens (tertiary/aromatic N) is 2. The summed E-state index contributed by atoms with van der Waals surface area (Å²) in [5, 5.41) is 4.58. The lowest BCUT2D eigenvalue weighted by Gasteiger charge is -2.28. The van der Waals surface area contributed by atoms with Crippen molar-refractivity contribution in [2.24, 2.45) is 0 Å². The van der Waals surface area contributed by atoms with Gasteiger partial charge in [-0.25, -0.2) is 9.97 Å². The van der Waals surface area contributed by atoms with Gasteiger partial charge in [0, 0.05) is 30.1 Å². The molecule has 0 radical (unpaired) electrons. The maximum atomic E-state index is 12.3. The molecule has 1 N–H and O–H groups in total. The van der Waals surface area contributed by atoms with Crippen LogP contribution in [0.1, 0.15) is 37.7 Å². The summed E-state index contributed by atoms with van der Waals surface area (Å²) in [6.45, 7) is 0. The number of para-hydroxylation sites is 1. The molecule has 3 rings (SSSR count). The number of carbonyl (C=O) groups is 1. The van der Waals surface area contributed by atoms with Gasteiger partial charge in [0.05, 0.1) is 7.11 Å². The molecular formula is C20H25N3O2S. The van der Waals surface area contributed by atoms with Gasteiger partial charge in [-0.3, -0.25) is 4.79 Å². The number of thioether (sulfide) groups is 1. The summed E-state index contributed by atoms with van der Waals surface area (Å²) in [4.78, 5) is 20.8. The fourth-order valence-corrected chi connectivity index (χ4v) is 4.33. The van der Waals surface area contributed by atoms with Crippen LogP contribution in [0, 0.1) is 0 Å². The SMILES string of the molecule is COc1ccccc1CCC(=O)NC1CCC(Sc2ncccn2)CC1. The van der Waals surface area contributed by atoms with Crippen LogP contribution in [0.4, 0.5) is 0 Å². The average Bonchev–Trinajstić information content (AvgIpc) is 2.69. The Morgan fingerprint density at radius 2 is 1.88 bits per heavy atom. The van der Waals surface area contributed by atoms with Crippen LogP contribution in [0.3, 0.4) is 0 Å². The van der Waals surface area contributed by atoms with E-state index in [0.29, 0.717) is 18.1 Å². The molecule has 0 atom stereocenters. The highest BCUT2D eigenvalue weighted by molar-refractivity contribution is 7.99. The second-order valence-electron chi connectivity index (χ2n) is 6.50. The van der Waals surface area contributed by atoms with E-state index < -0.39 is 0 Å². The number of aromatic nitrogens is 2. The summed E-state index contributed by atoms with van der Waals surface area (Å²) >= 11 is 1.75. The zero-order valence-electron chi connectivity index (χ0n) is 15.1. The molecule has 0 unspecified atom stereocenters. The topological polar surface area (TPSA) is 64.1 Å². The molecule has 5 nitrogen and oxygen atoms in total. The molecular weight excluding hydrogens is 346 g/mol. The molecule has 138 valence electrons. The van der Waals surface area contributed by atoms with Crippen LogP contribution < -0.4 is 10.1 Å². The van der Waals surface area contributed by atoms with E-state index in [9.17, 15) is 4.79 Å². The Morgan fingerprint density at radius 3 is 2.62 bits per heavy atom. The minimum Gasteiger partial charge on any atom is -0.496 e. The van der Waals surface area contributed by atoms with Gasteiger partial charge in [-0.2, -0.15) is 0 Å². The fourth-order valence-electron chi connectivity index (χ4n) is 3.28. The third kappa shape index (κ3) is 5.46. The number of hydrogen-bond acceptors (Lipinski definition) is 5. The lowest BCUT2D eigenvalue weighted by molar-refractivity contribution is -0.121.